The Labute approximate surface area is 146 Å². The maximum atomic E-state index is 12.6. The van der Waals surface area contributed by atoms with Crippen molar-refractivity contribution in [2.24, 2.45) is 5.92 Å². The van der Waals surface area contributed by atoms with Crippen molar-refractivity contribution in [3.05, 3.63) is 18.1 Å². The van der Waals surface area contributed by atoms with Gasteiger partial charge in [0.15, 0.2) is 0 Å². The van der Waals surface area contributed by atoms with Crippen LogP contribution in [0.25, 0.3) is 5.78 Å². The molecule has 1 N–H and O–H groups in total. The number of hydrogen-bond donors (Lipinski definition) is 1. The van der Waals surface area contributed by atoms with Crippen LogP contribution in [0, 0.1) is 5.92 Å². The van der Waals surface area contributed by atoms with E-state index in [2.05, 4.69) is 20.4 Å². The second-order valence-corrected chi connectivity index (χ2v) is 6.93. The van der Waals surface area contributed by atoms with Gasteiger partial charge in [-0.2, -0.15) is 14.6 Å². The highest BCUT2D eigenvalue weighted by molar-refractivity contribution is 5.79. The van der Waals surface area contributed by atoms with Crippen LogP contribution in [0.1, 0.15) is 37.8 Å². The number of methoxy groups -OCH3 is 1. The van der Waals surface area contributed by atoms with Crippen molar-refractivity contribution >= 4 is 17.5 Å². The fourth-order valence-corrected chi connectivity index (χ4v) is 3.90. The molecule has 3 heterocycles. The molecule has 1 aliphatic carbocycles. The molecule has 1 saturated heterocycles. The monoisotopic (exact) mass is 344 g/mol. The van der Waals surface area contributed by atoms with Gasteiger partial charge < -0.3 is 15.0 Å². The van der Waals surface area contributed by atoms with Crippen LogP contribution in [0.5, 0.6) is 0 Å². The first-order valence-electron chi connectivity index (χ1n) is 8.98. The summed E-state index contributed by atoms with van der Waals surface area (Å²) in [7, 11) is 1.65. The summed E-state index contributed by atoms with van der Waals surface area (Å²) in [5, 5.41) is 7.75. The Morgan fingerprint density at radius 1 is 1.36 bits per heavy atom. The first kappa shape index (κ1) is 16.3. The first-order valence-corrected chi connectivity index (χ1v) is 8.98. The number of fused-ring (bicyclic) bond motifs is 1. The van der Waals surface area contributed by atoms with Crippen LogP contribution in [-0.2, 0) is 16.1 Å². The maximum absolute atomic E-state index is 12.6. The van der Waals surface area contributed by atoms with E-state index in [0.29, 0.717) is 18.3 Å². The van der Waals surface area contributed by atoms with E-state index in [1.54, 1.807) is 11.6 Å². The van der Waals surface area contributed by atoms with Crippen molar-refractivity contribution in [1.29, 1.82) is 0 Å². The second-order valence-electron chi connectivity index (χ2n) is 6.93. The van der Waals surface area contributed by atoms with Gasteiger partial charge in [0.05, 0.1) is 12.3 Å². The number of amides is 1. The van der Waals surface area contributed by atoms with E-state index in [1.165, 1.54) is 19.2 Å². The quantitative estimate of drug-likeness (QED) is 0.884. The molecule has 0 radical (unpaired) electrons. The summed E-state index contributed by atoms with van der Waals surface area (Å²) in [5.41, 5.74) is 0.808. The molecule has 134 valence electrons. The molecule has 1 aliphatic heterocycles. The summed E-state index contributed by atoms with van der Waals surface area (Å²) in [6.07, 6.45) is 6.92. The molecule has 1 saturated carbocycles. The van der Waals surface area contributed by atoms with Gasteiger partial charge in [0, 0.05) is 38.2 Å². The molecule has 25 heavy (non-hydrogen) atoms. The van der Waals surface area contributed by atoms with Crippen molar-refractivity contribution in [2.75, 3.05) is 25.5 Å². The maximum Gasteiger partial charge on any atom is 0.254 e. The van der Waals surface area contributed by atoms with Gasteiger partial charge in [0.25, 0.3) is 5.78 Å². The van der Waals surface area contributed by atoms with Crippen LogP contribution < -0.4 is 5.32 Å². The number of carbonyl (C=O) groups is 1. The Bertz CT molecular complexity index is 755. The number of ether oxygens (including phenoxy) is 1. The molecular weight excluding hydrogens is 320 g/mol. The normalized spacial score (nSPS) is 21.3. The molecule has 1 atom stereocenters. The summed E-state index contributed by atoms with van der Waals surface area (Å²) in [5.74, 6) is 1.97. The Kier molecular flexibility index (Phi) is 4.52. The van der Waals surface area contributed by atoms with E-state index < -0.39 is 0 Å². The number of rotatable bonds is 5. The zero-order valence-corrected chi connectivity index (χ0v) is 14.5. The Morgan fingerprint density at radius 3 is 3.00 bits per heavy atom. The average molecular weight is 344 g/mol. The van der Waals surface area contributed by atoms with Crippen molar-refractivity contribution in [3.8, 4) is 0 Å². The minimum absolute atomic E-state index is 0.218. The number of anilines is 1. The van der Waals surface area contributed by atoms with Crippen LogP contribution in [0.2, 0.25) is 0 Å². The van der Waals surface area contributed by atoms with E-state index >= 15 is 0 Å². The van der Waals surface area contributed by atoms with Crippen LogP contribution >= 0.6 is 0 Å². The zero-order chi connectivity index (χ0) is 17.2. The van der Waals surface area contributed by atoms with Gasteiger partial charge in [-0.05, 0) is 19.3 Å². The Hall–Kier alpha value is -2.22. The smallest absolute Gasteiger partial charge is 0.254 e. The number of carbonyl (C=O) groups excluding carboxylic acids is 1. The topological polar surface area (TPSA) is 84.7 Å². The lowest BCUT2D eigenvalue weighted by Gasteiger charge is -2.21. The van der Waals surface area contributed by atoms with Crippen LogP contribution in [0.15, 0.2) is 12.4 Å². The molecule has 4 rings (SSSR count). The van der Waals surface area contributed by atoms with Crippen molar-refractivity contribution in [3.63, 3.8) is 0 Å². The van der Waals surface area contributed by atoms with Crippen LogP contribution in [0.4, 0.5) is 5.82 Å². The lowest BCUT2D eigenvalue weighted by Crippen LogP contribution is -2.35. The third-order valence-corrected chi connectivity index (χ3v) is 5.15. The SMILES string of the molecule is COCc1cc(NC2CCN(C(=O)C3CCCC3)C2)n2ncnc2n1. The van der Waals surface area contributed by atoms with Gasteiger partial charge in [-0.25, -0.2) is 4.98 Å². The summed E-state index contributed by atoms with van der Waals surface area (Å²) >= 11 is 0. The lowest BCUT2D eigenvalue weighted by atomic mass is 10.1. The summed E-state index contributed by atoms with van der Waals surface area (Å²) in [4.78, 5) is 23.2. The van der Waals surface area contributed by atoms with Gasteiger partial charge in [-0.1, -0.05) is 12.8 Å². The molecule has 1 unspecified atom stereocenters. The molecule has 1 amide bonds. The van der Waals surface area contributed by atoms with Crippen molar-refractivity contribution in [1.82, 2.24) is 24.5 Å². The zero-order valence-electron chi connectivity index (χ0n) is 14.5. The molecule has 8 nitrogen and oxygen atoms in total. The van der Waals surface area contributed by atoms with Crippen LogP contribution in [-0.4, -0.2) is 56.6 Å². The molecule has 0 spiro atoms. The van der Waals surface area contributed by atoms with Gasteiger partial charge in [0.1, 0.15) is 12.1 Å². The van der Waals surface area contributed by atoms with Crippen LogP contribution in [0.3, 0.4) is 0 Å². The standard InChI is InChI=1S/C17H24N6O2/c1-25-10-14-8-15(23-17(21-14)18-11-19-23)20-13-6-7-22(9-13)16(24)12-4-2-3-5-12/h8,11-13,20H,2-7,9-10H2,1H3. The van der Waals surface area contributed by atoms with E-state index in [-0.39, 0.29) is 12.0 Å². The largest absolute Gasteiger partial charge is 0.378 e. The van der Waals surface area contributed by atoms with Crippen molar-refractivity contribution in [2.45, 2.75) is 44.8 Å². The average Bonchev–Trinajstić information content (AvgIpc) is 3.36. The summed E-state index contributed by atoms with van der Waals surface area (Å²) < 4.78 is 6.88. The number of nitrogens with zero attached hydrogens (tertiary/aromatic N) is 5. The minimum atomic E-state index is 0.218. The van der Waals surface area contributed by atoms with E-state index in [4.69, 9.17) is 4.74 Å². The van der Waals surface area contributed by atoms with E-state index in [1.807, 2.05) is 11.0 Å². The fourth-order valence-electron chi connectivity index (χ4n) is 3.90. The molecule has 0 bridgehead atoms. The third kappa shape index (κ3) is 3.30. The summed E-state index contributed by atoms with van der Waals surface area (Å²) in [6.45, 7) is 1.99. The molecular formula is C17H24N6O2. The Balaban J connectivity index is 1.46. The van der Waals surface area contributed by atoms with E-state index in [9.17, 15) is 4.79 Å². The molecule has 8 heteroatoms. The number of likely N-dealkylation sites (tertiary alicyclic amines) is 1. The molecule has 0 aromatic carbocycles. The molecule has 2 aromatic heterocycles. The summed E-state index contributed by atoms with van der Waals surface area (Å²) in [6, 6.07) is 2.16. The predicted molar refractivity (Wildman–Crippen MR) is 92.1 cm³/mol. The van der Waals surface area contributed by atoms with E-state index in [0.717, 1.165) is 43.9 Å². The van der Waals surface area contributed by atoms with Gasteiger partial charge in [0.2, 0.25) is 5.91 Å². The molecule has 2 aromatic rings. The highest BCUT2D eigenvalue weighted by Gasteiger charge is 2.32. The fraction of sp³-hybridized carbons (Fsp3) is 0.647. The molecule has 2 aliphatic rings. The van der Waals surface area contributed by atoms with Gasteiger partial charge in [-0.3, -0.25) is 4.79 Å². The molecule has 2 fully saturated rings. The Morgan fingerprint density at radius 2 is 2.20 bits per heavy atom. The highest BCUT2D eigenvalue weighted by Crippen LogP contribution is 2.28. The number of aromatic nitrogens is 4. The van der Waals surface area contributed by atoms with Gasteiger partial charge >= 0.3 is 0 Å². The minimum Gasteiger partial charge on any atom is -0.378 e. The number of hydrogen-bond acceptors (Lipinski definition) is 6. The third-order valence-electron chi connectivity index (χ3n) is 5.15. The number of nitrogens with one attached hydrogen (secondary N) is 1. The lowest BCUT2D eigenvalue weighted by molar-refractivity contribution is -0.134. The predicted octanol–water partition coefficient (Wildman–Crippen LogP) is 1.47. The van der Waals surface area contributed by atoms with Crippen molar-refractivity contribution < 1.29 is 9.53 Å². The van der Waals surface area contributed by atoms with Gasteiger partial charge in [-0.15, -0.1) is 0 Å². The first-order chi connectivity index (χ1) is 12.2. The highest BCUT2D eigenvalue weighted by atomic mass is 16.5. The second kappa shape index (κ2) is 6.95.